The van der Waals surface area contributed by atoms with Crippen molar-refractivity contribution in [2.45, 2.75) is 62.8 Å². The molecule has 0 bridgehead atoms. The first-order valence-electron chi connectivity index (χ1n) is 23.3. The third-order valence-corrected chi connectivity index (χ3v) is 14.9. The number of aliphatic carboxylic acids is 2. The van der Waals surface area contributed by atoms with E-state index in [4.69, 9.17) is 38.0 Å². The van der Waals surface area contributed by atoms with Crippen molar-refractivity contribution in [3.05, 3.63) is 183 Å². The van der Waals surface area contributed by atoms with E-state index in [0.29, 0.717) is 11.6 Å². The fourth-order valence-corrected chi connectivity index (χ4v) is 10.7. The predicted octanol–water partition coefficient (Wildman–Crippen LogP) is 8.19. The number of aromatic nitrogens is 1. The van der Waals surface area contributed by atoms with Crippen LogP contribution in [0.2, 0.25) is 10.0 Å². The Morgan fingerprint density at radius 2 is 1.49 bits per heavy atom. The predicted molar refractivity (Wildman–Crippen MR) is 282 cm³/mol. The number of piperazine rings is 1. The Hall–Kier alpha value is -3.75. The van der Waals surface area contributed by atoms with Crippen LogP contribution in [-0.4, -0.2) is 88.6 Å². The summed E-state index contributed by atoms with van der Waals surface area (Å²) in [6.07, 6.45) is 7.78. The molecule has 8 rings (SSSR count). The quantitative estimate of drug-likeness (QED) is 0.0572. The zero-order valence-electron chi connectivity index (χ0n) is 40.1. The van der Waals surface area contributed by atoms with E-state index in [1.165, 1.54) is 16.7 Å². The molecular weight excluding hydrogens is 972 g/mol. The fourth-order valence-electron chi connectivity index (χ4n) is 8.84. The van der Waals surface area contributed by atoms with Crippen LogP contribution >= 0.6 is 47.4 Å². The molecule has 2 fully saturated rings. The summed E-state index contributed by atoms with van der Waals surface area (Å²) in [6, 6.07) is 45.2. The fraction of sp³-hybridized carbons (Fsp3) is 0.339. The molecule has 0 spiro atoms. The SMILES string of the molecule is CC(C)(O)c1ccccc1CC[C@@H](SCC1(CC(=O)[O-])CC1)c1cccc(/C=C/c2ccc3ccc(Cl)cc3n2)c1.Cl.O=C(O)COCCN1CCN([C@H](c2ccccc2)c2ccc(Cl)cc2)CC1.[Na+]. The third kappa shape index (κ3) is 17.2. The van der Waals surface area contributed by atoms with Crippen LogP contribution in [0.15, 0.2) is 133 Å². The van der Waals surface area contributed by atoms with Crippen LogP contribution in [0.4, 0.5) is 0 Å². The van der Waals surface area contributed by atoms with E-state index in [2.05, 4.69) is 82.6 Å². The van der Waals surface area contributed by atoms with Crippen molar-refractivity contribution in [3.63, 3.8) is 0 Å². The zero-order chi connectivity index (χ0) is 48.1. The van der Waals surface area contributed by atoms with Gasteiger partial charge in [0.15, 0.2) is 0 Å². The number of aliphatic hydroxyl groups is 1. The average Bonchev–Trinajstić information content (AvgIpc) is 4.09. The molecule has 70 heavy (non-hydrogen) atoms. The Balaban J connectivity index is 0.000000275. The van der Waals surface area contributed by atoms with E-state index in [1.54, 1.807) is 0 Å². The summed E-state index contributed by atoms with van der Waals surface area (Å²) in [5.41, 5.74) is 7.54. The molecule has 1 saturated heterocycles. The number of carbonyl (C=O) groups excluding carboxylic acids is 1. The smallest absolute Gasteiger partial charge is 0.550 e. The van der Waals surface area contributed by atoms with Crippen LogP contribution < -0.4 is 34.7 Å². The van der Waals surface area contributed by atoms with Gasteiger partial charge in [0.25, 0.3) is 0 Å². The molecule has 0 unspecified atom stereocenters. The van der Waals surface area contributed by atoms with Crippen molar-refractivity contribution < 1.29 is 59.2 Å². The number of hydrogen-bond acceptors (Lipinski definition) is 9. The number of thioether (sulfide) groups is 1. The molecule has 364 valence electrons. The summed E-state index contributed by atoms with van der Waals surface area (Å²) in [5, 5.41) is 33.4. The van der Waals surface area contributed by atoms with E-state index in [0.717, 1.165) is 102 Å². The van der Waals surface area contributed by atoms with Crippen LogP contribution in [-0.2, 0) is 26.3 Å². The summed E-state index contributed by atoms with van der Waals surface area (Å²) in [4.78, 5) is 31.4. The number of carboxylic acids is 2. The maximum Gasteiger partial charge on any atom is 1.00 e. The summed E-state index contributed by atoms with van der Waals surface area (Å²) in [5.74, 6) is -1.09. The van der Waals surface area contributed by atoms with Crippen LogP contribution in [0, 0.1) is 5.41 Å². The summed E-state index contributed by atoms with van der Waals surface area (Å²) >= 11 is 14.1. The average molecular weight is 1030 g/mol. The van der Waals surface area contributed by atoms with E-state index < -0.39 is 17.5 Å². The van der Waals surface area contributed by atoms with Crippen molar-refractivity contribution in [1.29, 1.82) is 0 Å². The third-order valence-electron chi connectivity index (χ3n) is 12.7. The number of fused-ring (bicyclic) bond motifs is 1. The molecule has 6 aromatic rings. The molecule has 2 atom stereocenters. The van der Waals surface area contributed by atoms with Crippen molar-refractivity contribution in [2.75, 3.05) is 51.7 Å². The van der Waals surface area contributed by atoms with Gasteiger partial charge in [-0.1, -0.05) is 132 Å². The van der Waals surface area contributed by atoms with Crippen LogP contribution in [0.1, 0.15) is 89.9 Å². The van der Waals surface area contributed by atoms with Gasteiger partial charge in [-0.2, -0.15) is 11.8 Å². The molecule has 14 heteroatoms. The van der Waals surface area contributed by atoms with E-state index >= 15 is 0 Å². The summed E-state index contributed by atoms with van der Waals surface area (Å²) in [7, 11) is 0. The number of ether oxygens (including phenoxy) is 1. The second-order valence-corrected chi connectivity index (χ2v) is 20.4. The zero-order valence-corrected chi connectivity index (χ0v) is 45.3. The second kappa shape index (κ2) is 27.3. The Morgan fingerprint density at radius 1 is 0.829 bits per heavy atom. The number of hydrogen-bond donors (Lipinski definition) is 2. The second-order valence-electron chi connectivity index (χ2n) is 18.4. The minimum absolute atomic E-state index is 0. The van der Waals surface area contributed by atoms with Gasteiger partial charge >= 0.3 is 35.5 Å². The Bertz CT molecular complexity index is 2640. The first kappa shape index (κ1) is 57.2. The summed E-state index contributed by atoms with van der Waals surface area (Å²) < 4.78 is 5.15. The number of pyridine rings is 1. The molecule has 1 aromatic heterocycles. The monoisotopic (exact) mass is 1030 g/mol. The van der Waals surface area contributed by atoms with Crippen molar-refractivity contribution in [3.8, 4) is 0 Å². The van der Waals surface area contributed by atoms with Crippen molar-refractivity contribution >= 4 is 82.4 Å². The number of aryl methyl sites for hydroxylation is 1. The van der Waals surface area contributed by atoms with Gasteiger partial charge in [-0.25, -0.2) is 9.78 Å². The maximum atomic E-state index is 11.4. The van der Waals surface area contributed by atoms with Crippen molar-refractivity contribution in [2.24, 2.45) is 5.41 Å². The number of carbonyl (C=O) groups is 2. The minimum atomic E-state index is -0.963. The van der Waals surface area contributed by atoms with Crippen LogP contribution in [0.25, 0.3) is 23.1 Å². The first-order valence-corrected chi connectivity index (χ1v) is 25.1. The molecule has 5 aromatic carbocycles. The molecule has 1 aliphatic heterocycles. The number of benzene rings is 5. The normalized spacial score (nSPS) is 15.5. The van der Waals surface area contributed by atoms with Gasteiger partial charge in [-0.15, -0.1) is 12.4 Å². The van der Waals surface area contributed by atoms with Gasteiger partial charge in [-0.3, -0.25) is 9.80 Å². The first-order chi connectivity index (χ1) is 32.7. The molecule has 0 radical (unpaired) electrons. The number of nitrogens with zero attached hydrogens (tertiary/aromatic N) is 3. The van der Waals surface area contributed by atoms with Gasteiger partial charge < -0.3 is 24.9 Å². The van der Waals surface area contributed by atoms with Crippen LogP contribution in [0.5, 0.6) is 0 Å². The van der Waals surface area contributed by atoms with E-state index in [-0.39, 0.29) is 71.7 Å². The maximum absolute atomic E-state index is 11.4. The minimum Gasteiger partial charge on any atom is -0.550 e. The summed E-state index contributed by atoms with van der Waals surface area (Å²) in [6.45, 7) is 8.40. The molecule has 9 nitrogen and oxygen atoms in total. The number of carboxylic acid groups (broad SMARTS) is 2. The van der Waals surface area contributed by atoms with Gasteiger partial charge in [0.2, 0.25) is 0 Å². The number of halogens is 3. The molecule has 1 saturated carbocycles. The number of rotatable bonds is 20. The molecule has 2 heterocycles. The molecule has 0 amide bonds. The van der Waals surface area contributed by atoms with E-state index in [1.807, 2.05) is 98.4 Å². The largest absolute Gasteiger partial charge is 1.00 e. The van der Waals surface area contributed by atoms with Gasteiger partial charge in [-0.05, 0) is 127 Å². The Kier molecular flexibility index (Phi) is 22.3. The van der Waals surface area contributed by atoms with E-state index in [9.17, 15) is 19.8 Å². The van der Waals surface area contributed by atoms with Crippen LogP contribution in [0.3, 0.4) is 0 Å². The molecule has 1 aliphatic carbocycles. The Morgan fingerprint density at radius 3 is 2.17 bits per heavy atom. The Labute approximate surface area is 455 Å². The molecule has 2 aliphatic rings. The van der Waals surface area contributed by atoms with Crippen molar-refractivity contribution in [1.82, 2.24) is 14.8 Å². The topological polar surface area (TPSA) is 126 Å². The van der Waals surface area contributed by atoms with Gasteiger partial charge in [0.05, 0.1) is 29.5 Å². The van der Waals surface area contributed by atoms with Gasteiger partial charge in [0, 0.05) is 59.4 Å². The molecule has 2 N–H and O–H groups in total. The van der Waals surface area contributed by atoms with Gasteiger partial charge in [0.1, 0.15) is 6.61 Å². The molecular formula is C56H61Cl3N3NaO6S. The standard InChI is InChI=1S/C35H36ClNO3S.C21H25ClN2O3.ClH.Na/c1-34(2,40)30-9-4-3-7-25(30)13-17-32(41-23-35(18-19-35)22-33(38)39)27-8-5-6-24(20-27)10-15-29-16-12-26-11-14-28(36)21-31(26)37-29;22-19-8-6-18(7-9-19)21(17-4-2-1-3-5-17)24-12-10-23(11-13-24)14-15-27-16-20(25)26;;/h3-12,14-16,20-21,32,40H,13,17-19,22-23H2,1-2H3,(H,38,39);1-9,21H,10-16H2,(H,25,26);1H;/q;;;+1/p-1/b15-10+;;;/t32-;21-;;/m11../s1.